The first-order valence-electron chi connectivity index (χ1n) is 7.68. The third kappa shape index (κ3) is 3.11. The van der Waals surface area contributed by atoms with Gasteiger partial charge in [-0.3, -0.25) is 4.79 Å². The van der Waals surface area contributed by atoms with Crippen LogP contribution in [0.1, 0.15) is 11.7 Å². The zero-order valence-electron chi connectivity index (χ0n) is 13.0. The number of aromatic nitrogens is 3. The SMILES string of the molecule is O=c1c2cc(-c3cccs3)nn2ccn1CC(O)c1cccc(Cl)c1. The topological polar surface area (TPSA) is 59.5 Å². The first-order chi connectivity index (χ1) is 12.1. The molecule has 0 saturated carbocycles. The van der Waals surface area contributed by atoms with Crippen LogP contribution < -0.4 is 5.56 Å². The minimum atomic E-state index is -0.821. The first-order valence-corrected chi connectivity index (χ1v) is 8.94. The number of nitrogens with zero attached hydrogens (tertiary/aromatic N) is 3. The molecule has 1 atom stereocenters. The molecule has 0 saturated heterocycles. The summed E-state index contributed by atoms with van der Waals surface area (Å²) in [7, 11) is 0. The van der Waals surface area contributed by atoms with Gasteiger partial charge < -0.3 is 9.67 Å². The van der Waals surface area contributed by atoms with Crippen LogP contribution in [-0.4, -0.2) is 19.3 Å². The van der Waals surface area contributed by atoms with E-state index < -0.39 is 6.10 Å². The molecule has 0 aliphatic heterocycles. The molecule has 0 radical (unpaired) electrons. The Labute approximate surface area is 152 Å². The minimum absolute atomic E-state index is 0.148. The van der Waals surface area contributed by atoms with Gasteiger partial charge in [0, 0.05) is 17.4 Å². The van der Waals surface area contributed by atoms with E-state index in [1.165, 1.54) is 4.57 Å². The number of hydrogen-bond donors (Lipinski definition) is 1. The maximum atomic E-state index is 12.7. The van der Waals surface area contributed by atoms with E-state index in [1.807, 2.05) is 17.5 Å². The van der Waals surface area contributed by atoms with Crippen LogP contribution in [-0.2, 0) is 6.54 Å². The fraction of sp³-hybridized carbons (Fsp3) is 0.111. The summed E-state index contributed by atoms with van der Waals surface area (Å²) in [5.41, 5.74) is 1.72. The number of aliphatic hydroxyl groups excluding tert-OH is 1. The second kappa shape index (κ2) is 6.48. The maximum Gasteiger partial charge on any atom is 0.276 e. The molecule has 0 aliphatic rings. The summed E-state index contributed by atoms with van der Waals surface area (Å²) >= 11 is 7.54. The van der Waals surface area contributed by atoms with Gasteiger partial charge in [-0.2, -0.15) is 5.10 Å². The molecule has 1 N–H and O–H groups in total. The summed E-state index contributed by atoms with van der Waals surface area (Å²) in [6, 6.07) is 12.7. The number of benzene rings is 1. The van der Waals surface area contributed by atoms with Crippen LogP contribution in [0.15, 0.2) is 65.0 Å². The zero-order chi connectivity index (χ0) is 17.4. The second-order valence-corrected chi connectivity index (χ2v) is 7.05. The number of hydrogen-bond acceptors (Lipinski definition) is 4. The van der Waals surface area contributed by atoms with Gasteiger partial charge in [0.2, 0.25) is 0 Å². The fourth-order valence-corrected chi connectivity index (χ4v) is 3.60. The summed E-state index contributed by atoms with van der Waals surface area (Å²) < 4.78 is 3.06. The molecule has 3 aromatic heterocycles. The monoisotopic (exact) mass is 371 g/mol. The van der Waals surface area contributed by atoms with Gasteiger partial charge in [-0.1, -0.05) is 29.8 Å². The van der Waals surface area contributed by atoms with Crippen molar-refractivity contribution >= 4 is 28.5 Å². The van der Waals surface area contributed by atoms with Crippen molar-refractivity contribution in [2.45, 2.75) is 12.6 Å². The third-order valence-electron chi connectivity index (χ3n) is 3.98. The van der Waals surface area contributed by atoms with Gasteiger partial charge in [-0.05, 0) is 35.2 Å². The molecule has 3 heterocycles. The lowest BCUT2D eigenvalue weighted by Gasteiger charge is -2.13. The Kier molecular flexibility index (Phi) is 4.17. The average Bonchev–Trinajstić information content (AvgIpc) is 3.26. The molecular formula is C18H14ClN3O2S. The van der Waals surface area contributed by atoms with Crippen LogP contribution in [0, 0.1) is 0 Å². The van der Waals surface area contributed by atoms with E-state index in [2.05, 4.69) is 5.10 Å². The Morgan fingerprint density at radius 3 is 2.84 bits per heavy atom. The Morgan fingerprint density at radius 1 is 1.20 bits per heavy atom. The van der Waals surface area contributed by atoms with Crippen molar-refractivity contribution in [3.05, 3.63) is 81.2 Å². The van der Waals surface area contributed by atoms with Crippen molar-refractivity contribution in [2.75, 3.05) is 0 Å². The molecule has 0 fully saturated rings. The zero-order valence-corrected chi connectivity index (χ0v) is 14.6. The standard InChI is InChI=1S/C18H14ClN3O2S/c19-13-4-1-3-12(9-13)16(23)11-21-6-7-22-15(18(21)24)10-14(20-22)17-5-2-8-25-17/h1-10,16,23H,11H2. The van der Waals surface area contributed by atoms with E-state index >= 15 is 0 Å². The number of rotatable bonds is 4. The molecule has 1 aromatic carbocycles. The predicted octanol–water partition coefficient (Wildman–Crippen LogP) is 3.61. The van der Waals surface area contributed by atoms with E-state index in [0.717, 1.165) is 10.6 Å². The van der Waals surface area contributed by atoms with Crippen LogP contribution in [0.5, 0.6) is 0 Å². The smallest absolute Gasteiger partial charge is 0.276 e. The van der Waals surface area contributed by atoms with Gasteiger partial charge in [0.25, 0.3) is 5.56 Å². The molecule has 0 spiro atoms. The predicted molar refractivity (Wildman–Crippen MR) is 99.2 cm³/mol. The minimum Gasteiger partial charge on any atom is -0.387 e. The van der Waals surface area contributed by atoms with E-state index in [0.29, 0.717) is 16.1 Å². The largest absolute Gasteiger partial charge is 0.387 e. The van der Waals surface area contributed by atoms with Gasteiger partial charge in [0.15, 0.2) is 0 Å². The van der Waals surface area contributed by atoms with Gasteiger partial charge in [-0.15, -0.1) is 11.3 Å². The molecule has 0 bridgehead atoms. The lowest BCUT2D eigenvalue weighted by atomic mass is 10.1. The van der Waals surface area contributed by atoms with Crippen molar-refractivity contribution in [3.63, 3.8) is 0 Å². The molecule has 4 rings (SSSR count). The highest BCUT2D eigenvalue weighted by Crippen LogP contribution is 2.23. The first kappa shape index (κ1) is 16.1. The lowest BCUT2D eigenvalue weighted by Crippen LogP contribution is -2.24. The highest BCUT2D eigenvalue weighted by Gasteiger charge is 2.13. The summed E-state index contributed by atoms with van der Waals surface area (Å²) in [5.74, 6) is 0. The van der Waals surface area contributed by atoms with Crippen molar-refractivity contribution in [1.29, 1.82) is 0 Å². The van der Waals surface area contributed by atoms with Gasteiger partial charge in [0.1, 0.15) is 11.2 Å². The molecule has 4 aromatic rings. The normalized spacial score (nSPS) is 12.6. The second-order valence-electron chi connectivity index (χ2n) is 5.66. The summed E-state index contributed by atoms with van der Waals surface area (Å²) in [5, 5.41) is 17.4. The number of fused-ring (bicyclic) bond motifs is 1. The molecule has 25 heavy (non-hydrogen) atoms. The number of thiophene rings is 1. The average molecular weight is 372 g/mol. The third-order valence-corrected chi connectivity index (χ3v) is 5.11. The molecule has 7 heteroatoms. The van der Waals surface area contributed by atoms with Crippen LogP contribution in [0.3, 0.4) is 0 Å². The Morgan fingerprint density at radius 2 is 2.08 bits per heavy atom. The molecule has 5 nitrogen and oxygen atoms in total. The Balaban J connectivity index is 1.68. The summed E-state index contributed by atoms with van der Waals surface area (Å²) in [6.45, 7) is 0.148. The quantitative estimate of drug-likeness (QED) is 0.596. The number of halogens is 1. The molecule has 1 unspecified atom stereocenters. The van der Waals surface area contributed by atoms with Crippen LogP contribution in [0.4, 0.5) is 0 Å². The van der Waals surface area contributed by atoms with Crippen LogP contribution in [0.25, 0.3) is 16.1 Å². The Hall–Kier alpha value is -2.41. The highest BCUT2D eigenvalue weighted by molar-refractivity contribution is 7.13. The van der Waals surface area contributed by atoms with E-state index in [1.54, 1.807) is 58.6 Å². The van der Waals surface area contributed by atoms with Crippen molar-refractivity contribution < 1.29 is 5.11 Å². The van der Waals surface area contributed by atoms with E-state index in [9.17, 15) is 9.90 Å². The fourth-order valence-electron chi connectivity index (χ4n) is 2.72. The molecule has 0 amide bonds. The summed E-state index contributed by atoms with van der Waals surface area (Å²) in [4.78, 5) is 13.7. The van der Waals surface area contributed by atoms with E-state index in [4.69, 9.17) is 11.6 Å². The molecule has 0 aliphatic carbocycles. The molecule has 126 valence electrons. The lowest BCUT2D eigenvalue weighted by molar-refractivity contribution is 0.155. The van der Waals surface area contributed by atoms with Gasteiger partial charge in [-0.25, -0.2) is 4.52 Å². The maximum absolute atomic E-state index is 12.7. The summed E-state index contributed by atoms with van der Waals surface area (Å²) in [6.07, 6.45) is 2.53. The van der Waals surface area contributed by atoms with Gasteiger partial charge in [0.05, 0.1) is 17.5 Å². The van der Waals surface area contributed by atoms with Crippen LogP contribution in [0.2, 0.25) is 5.02 Å². The van der Waals surface area contributed by atoms with Crippen molar-refractivity contribution in [1.82, 2.24) is 14.2 Å². The molecular weight excluding hydrogens is 358 g/mol. The number of aliphatic hydroxyl groups is 1. The van der Waals surface area contributed by atoms with Crippen LogP contribution >= 0.6 is 22.9 Å². The Bertz CT molecular complexity index is 1090. The van der Waals surface area contributed by atoms with Crippen molar-refractivity contribution in [3.8, 4) is 10.6 Å². The van der Waals surface area contributed by atoms with E-state index in [-0.39, 0.29) is 12.1 Å². The highest BCUT2D eigenvalue weighted by atomic mass is 35.5. The van der Waals surface area contributed by atoms with Crippen molar-refractivity contribution in [2.24, 2.45) is 0 Å². The van der Waals surface area contributed by atoms with Gasteiger partial charge >= 0.3 is 0 Å².